The second-order valence-electron chi connectivity index (χ2n) is 3.79. The SMILES string of the molecule is O=C(CNc1ccc(Cl)c(Cl)c1)N/N=C\c1ccco1. The molecule has 0 unspecified atom stereocenters. The van der Waals surface area contributed by atoms with Crippen molar-refractivity contribution in [3.8, 4) is 0 Å². The van der Waals surface area contributed by atoms with Crippen LogP contribution in [0.5, 0.6) is 0 Å². The van der Waals surface area contributed by atoms with E-state index in [-0.39, 0.29) is 12.5 Å². The Kier molecular flexibility index (Phi) is 5.03. The number of rotatable bonds is 5. The molecule has 0 radical (unpaired) electrons. The summed E-state index contributed by atoms with van der Waals surface area (Å²) in [5, 5.41) is 7.54. The maximum absolute atomic E-state index is 11.5. The second kappa shape index (κ2) is 6.98. The van der Waals surface area contributed by atoms with Gasteiger partial charge in [-0.2, -0.15) is 5.10 Å². The first-order chi connectivity index (χ1) is 9.65. The molecule has 0 saturated carbocycles. The summed E-state index contributed by atoms with van der Waals surface area (Å²) in [4.78, 5) is 11.5. The van der Waals surface area contributed by atoms with Gasteiger partial charge in [-0.1, -0.05) is 23.2 Å². The van der Waals surface area contributed by atoms with Crippen molar-refractivity contribution in [3.63, 3.8) is 0 Å². The Morgan fingerprint density at radius 3 is 2.85 bits per heavy atom. The largest absolute Gasteiger partial charge is 0.463 e. The number of carbonyl (C=O) groups excluding carboxylic acids is 1. The van der Waals surface area contributed by atoms with E-state index in [1.165, 1.54) is 12.5 Å². The molecule has 0 fully saturated rings. The molecule has 1 heterocycles. The fourth-order valence-corrected chi connectivity index (χ4v) is 1.66. The number of hydrogen-bond acceptors (Lipinski definition) is 4. The van der Waals surface area contributed by atoms with Crippen molar-refractivity contribution >= 4 is 41.0 Å². The maximum Gasteiger partial charge on any atom is 0.259 e. The zero-order valence-corrected chi connectivity index (χ0v) is 11.8. The number of halogens is 2. The van der Waals surface area contributed by atoms with E-state index in [0.29, 0.717) is 21.5 Å². The second-order valence-corrected chi connectivity index (χ2v) is 4.61. The topological polar surface area (TPSA) is 66.6 Å². The van der Waals surface area contributed by atoms with Gasteiger partial charge < -0.3 is 9.73 Å². The summed E-state index contributed by atoms with van der Waals surface area (Å²) in [6.45, 7) is 0.0630. The van der Waals surface area contributed by atoms with Crippen LogP contribution in [0.3, 0.4) is 0 Å². The van der Waals surface area contributed by atoms with Gasteiger partial charge in [-0.05, 0) is 30.3 Å². The fraction of sp³-hybridized carbons (Fsp3) is 0.0769. The molecule has 0 spiro atoms. The molecule has 0 aliphatic rings. The third-order valence-corrected chi connectivity index (χ3v) is 3.04. The molecule has 0 saturated heterocycles. The lowest BCUT2D eigenvalue weighted by Gasteiger charge is -2.06. The third-order valence-electron chi connectivity index (χ3n) is 2.30. The van der Waals surface area contributed by atoms with Crippen molar-refractivity contribution in [1.29, 1.82) is 0 Å². The first-order valence-electron chi connectivity index (χ1n) is 5.69. The lowest BCUT2D eigenvalue weighted by Crippen LogP contribution is -2.25. The molecule has 5 nitrogen and oxygen atoms in total. The molecular weight excluding hydrogens is 301 g/mol. The Bertz CT molecular complexity index is 612. The first kappa shape index (κ1) is 14.4. The van der Waals surface area contributed by atoms with Gasteiger partial charge in [0.2, 0.25) is 0 Å². The predicted molar refractivity (Wildman–Crippen MR) is 79.4 cm³/mol. The van der Waals surface area contributed by atoms with Crippen molar-refractivity contribution in [2.24, 2.45) is 5.10 Å². The Labute approximate surface area is 125 Å². The smallest absolute Gasteiger partial charge is 0.259 e. The number of hydrogen-bond donors (Lipinski definition) is 2. The van der Waals surface area contributed by atoms with E-state index in [1.807, 2.05) is 0 Å². The number of furan rings is 1. The molecule has 0 atom stereocenters. The Hall–Kier alpha value is -1.98. The van der Waals surface area contributed by atoms with Crippen molar-refractivity contribution in [3.05, 3.63) is 52.4 Å². The Balaban J connectivity index is 1.78. The summed E-state index contributed by atoms with van der Waals surface area (Å²) in [6, 6.07) is 8.48. The average molecular weight is 312 g/mol. The summed E-state index contributed by atoms with van der Waals surface area (Å²) in [5.41, 5.74) is 3.06. The first-order valence-corrected chi connectivity index (χ1v) is 6.45. The standard InChI is InChI=1S/C13H11Cl2N3O2/c14-11-4-3-9(6-12(11)15)16-8-13(19)18-17-7-10-2-1-5-20-10/h1-7,16H,8H2,(H,18,19)/b17-7-. The monoisotopic (exact) mass is 311 g/mol. The fourth-order valence-electron chi connectivity index (χ4n) is 1.36. The van der Waals surface area contributed by atoms with Gasteiger partial charge in [0.1, 0.15) is 5.76 Å². The van der Waals surface area contributed by atoms with Gasteiger partial charge in [-0.25, -0.2) is 5.43 Å². The Morgan fingerprint density at radius 1 is 1.30 bits per heavy atom. The lowest BCUT2D eigenvalue weighted by atomic mass is 10.3. The van der Waals surface area contributed by atoms with E-state index in [2.05, 4.69) is 15.8 Å². The lowest BCUT2D eigenvalue weighted by molar-refractivity contribution is -0.119. The van der Waals surface area contributed by atoms with Gasteiger partial charge in [-0.3, -0.25) is 4.79 Å². The molecule has 20 heavy (non-hydrogen) atoms. The van der Waals surface area contributed by atoms with Gasteiger partial charge in [0.15, 0.2) is 0 Å². The van der Waals surface area contributed by atoms with Gasteiger partial charge >= 0.3 is 0 Å². The van der Waals surface area contributed by atoms with Gasteiger partial charge in [0.05, 0.1) is 29.1 Å². The summed E-state index contributed by atoms with van der Waals surface area (Å²) in [7, 11) is 0. The molecule has 0 bridgehead atoms. The summed E-state index contributed by atoms with van der Waals surface area (Å²) >= 11 is 11.7. The minimum Gasteiger partial charge on any atom is -0.463 e. The molecule has 2 rings (SSSR count). The highest BCUT2D eigenvalue weighted by molar-refractivity contribution is 6.42. The van der Waals surface area contributed by atoms with Crippen LogP contribution >= 0.6 is 23.2 Å². The molecule has 0 aliphatic heterocycles. The number of nitrogens with one attached hydrogen (secondary N) is 2. The van der Waals surface area contributed by atoms with E-state index < -0.39 is 0 Å². The number of anilines is 1. The van der Waals surface area contributed by atoms with E-state index in [9.17, 15) is 4.79 Å². The number of benzene rings is 1. The van der Waals surface area contributed by atoms with Gasteiger partial charge in [-0.15, -0.1) is 0 Å². The Morgan fingerprint density at radius 2 is 2.15 bits per heavy atom. The predicted octanol–water partition coefficient (Wildman–Crippen LogP) is 3.15. The molecule has 0 aliphatic carbocycles. The molecule has 1 amide bonds. The molecule has 1 aromatic carbocycles. The molecule has 104 valence electrons. The quantitative estimate of drug-likeness (QED) is 0.658. The molecule has 1 aromatic heterocycles. The van der Waals surface area contributed by atoms with Crippen LogP contribution in [0.1, 0.15) is 5.76 Å². The van der Waals surface area contributed by atoms with E-state index in [4.69, 9.17) is 27.6 Å². The van der Waals surface area contributed by atoms with Crippen LogP contribution in [0.15, 0.2) is 46.1 Å². The van der Waals surface area contributed by atoms with E-state index in [0.717, 1.165) is 0 Å². The highest BCUT2D eigenvalue weighted by atomic mass is 35.5. The highest BCUT2D eigenvalue weighted by Crippen LogP contribution is 2.24. The van der Waals surface area contributed by atoms with Crippen LogP contribution in [-0.4, -0.2) is 18.7 Å². The molecule has 7 heteroatoms. The van der Waals surface area contributed by atoms with Crippen LogP contribution in [0, 0.1) is 0 Å². The highest BCUT2D eigenvalue weighted by Gasteiger charge is 2.02. The van der Waals surface area contributed by atoms with E-state index >= 15 is 0 Å². The minimum absolute atomic E-state index is 0.0630. The van der Waals surface area contributed by atoms with Gasteiger partial charge in [0, 0.05) is 5.69 Å². The number of carbonyl (C=O) groups is 1. The van der Waals surface area contributed by atoms with E-state index in [1.54, 1.807) is 30.3 Å². The maximum atomic E-state index is 11.5. The summed E-state index contributed by atoms with van der Waals surface area (Å²) < 4.78 is 5.03. The normalized spacial score (nSPS) is 10.7. The van der Waals surface area contributed by atoms with Crippen molar-refractivity contribution in [1.82, 2.24) is 5.43 Å². The van der Waals surface area contributed by atoms with Gasteiger partial charge in [0.25, 0.3) is 5.91 Å². The molecule has 2 aromatic rings. The van der Waals surface area contributed by atoms with Crippen molar-refractivity contribution in [2.75, 3.05) is 11.9 Å². The zero-order valence-electron chi connectivity index (χ0n) is 10.3. The zero-order chi connectivity index (χ0) is 14.4. The number of nitrogens with zero attached hydrogens (tertiary/aromatic N) is 1. The third kappa shape index (κ3) is 4.29. The van der Waals surface area contributed by atoms with Crippen molar-refractivity contribution in [2.45, 2.75) is 0 Å². The molecular formula is C13H11Cl2N3O2. The molecule has 2 N–H and O–H groups in total. The van der Waals surface area contributed by atoms with Crippen LogP contribution in [0.4, 0.5) is 5.69 Å². The summed E-state index contributed by atoms with van der Waals surface area (Å²) in [5.74, 6) is 0.265. The van der Waals surface area contributed by atoms with Crippen LogP contribution < -0.4 is 10.7 Å². The van der Waals surface area contributed by atoms with Crippen LogP contribution in [0.2, 0.25) is 10.0 Å². The summed E-state index contributed by atoms with van der Waals surface area (Å²) in [6.07, 6.45) is 2.94. The minimum atomic E-state index is -0.293. The number of hydrazone groups is 1. The van der Waals surface area contributed by atoms with Crippen LogP contribution in [0.25, 0.3) is 0 Å². The van der Waals surface area contributed by atoms with Crippen molar-refractivity contribution < 1.29 is 9.21 Å². The van der Waals surface area contributed by atoms with Crippen LogP contribution in [-0.2, 0) is 4.79 Å². The average Bonchev–Trinajstić information content (AvgIpc) is 2.93. The number of amides is 1.